The van der Waals surface area contributed by atoms with Crippen LogP contribution in [0, 0.1) is 0 Å². The molecule has 3 aromatic carbocycles. The Hall–Kier alpha value is -4.93. The Labute approximate surface area is 217 Å². The van der Waals surface area contributed by atoms with Crippen molar-refractivity contribution in [1.29, 1.82) is 0 Å². The van der Waals surface area contributed by atoms with Crippen molar-refractivity contribution in [3.05, 3.63) is 71.3 Å². The molecule has 0 aliphatic carbocycles. The summed E-state index contributed by atoms with van der Waals surface area (Å²) in [4.78, 5) is 63.7. The molecule has 1 heterocycles. The monoisotopic (exact) mass is 519 g/mol. The van der Waals surface area contributed by atoms with Crippen molar-refractivity contribution < 1.29 is 38.2 Å². The van der Waals surface area contributed by atoms with E-state index in [9.17, 15) is 24.0 Å². The van der Waals surface area contributed by atoms with Gasteiger partial charge in [0, 0.05) is 5.69 Å². The van der Waals surface area contributed by atoms with Gasteiger partial charge in [0.15, 0.2) is 0 Å². The third kappa shape index (κ3) is 4.85. The van der Waals surface area contributed by atoms with Crippen molar-refractivity contribution in [2.24, 2.45) is 0 Å². The highest BCUT2D eigenvalue weighted by Gasteiger charge is 2.49. The Morgan fingerprint density at radius 1 is 0.868 bits per heavy atom. The molecule has 0 bridgehead atoms. The van der Waals surface area contributed by atoms with Crippen LogP contribution < -0.4 is 15.4 Å². The maximum atomic E-state index is 13.3. The second-order valence-corrected chi connectivity index (χ2v) is 8.70. The zero-order valence-corrected chi connectivity index (χ0v) is 21.1. The molecule has 0 saturated carbocycles. The molecule has 11 nitrogen and oxygen atoms in total. The maximum absolute atomic E-state index is 13.3. The van der Waals surface area contributed by atoms with Crippen LogP contribution in [-0.2, 0) is 24.6 Å². The van der Waals surface area contributed by atoms with Crippen LogP contribution in [0.3, 0.4) is 0 Å². The number of amides is 4. The molecular weight excluding hydrogens is 494 g/mol. The van der Waals surface area contributed by atoms with Gasteiger partial charge >= 0.3 is 18.0 Å². The van der Waals surface area contributed by atoms with Crippen molar-refractivity contribution in [2.75, 3.05) is 33.2 Å². The molecule has 1 saturated heterocycles. The van der Waals surface area contributed by atoms with Crippen LogP contribution in [0.25, 0.3) is 10.8 Å². The van der Waals surface area contributed by atoms with E-state index in [0.29, 0.717) is 11.3 Å². The van der Waals surface area contributed by atoms with E-state index in [1.807, 2.05) is 18.2 Å². The molecule has 3 aromatic rings. The van der Waals surface area contributed by atoms with Crippen molar-refractivity contribution >= 4 is 46.2 Å². The number of rotatable bonds is 7. The first-order chi connectivity index (χ1) is 18.1. The summed E-state index contributed by atoms with van der Waals surface area (Å²) in [5.74, 6) is -2.10. The van der Waals surface area contributed by atoms with Gasteiger partial charge in [-0.1, -0.05) is 18.2 Å². The van der Waals surface area contributed by atoms with Gasteiger partial charge in [0.05, 0.1) is 32.5 Å². The molecule has 11 heteroatoms. The molecule has 0 spiro atoms. The summed E-state index contributed by atoms with van der Waals surface area (Å²) >= 11 is 0. The zero-order chi connectivity index (χ0) is 27.6. The fraction of sp³-hybridized carbons (Fsp3) is 0.222. The Morgan fingerprint density at radius 2 is 1.47 bits per heavy atom. The van der Waals surface area contributed by atoms with Gasteiger partial charge < -0.3 is 24.8 Å². The number of urea groups is 1. The van der Waals surface area contributed by atoms with E-state index in [-0.39, 0.29) is 16.8 Å². The summed E-state index contributed by atoms with van der Waals surface area (Å²) in [7, 11) is 3.92. The standard InChI is InChI=1S/C27H25N3O8/c1-27(19-7-5-16-13-21(36-2)8-6-15(16)10-19)25(34)30(26(35)29-27)14-22(31)28-20-11-17(23(32)37-3)9-18(12-20)24(33)38-4/h5-13H,14H2,1-4H3,(H,28,31)(H,29,35)/t27-/m0/s1. The van der Waals surface area contributed by atoms with E-state index in [4.69, 9.17) is 4.74 Å². The molecule has 0 radical (unpaired) electrons. The van der Waals surface area contributed by atoms with Crippen LogP contribution in [0.2, 0.25) is 0 Å². The number of hydrogen-bond acceptors (Lipinski definition) is 8. The third-order valence-corrected chi connectivity index (χ3v) is 6.26. The van der Waals surface area contributed by atoms with Crippen molar-refractivity contribution in [3.8, 4) is 5.75 Å². The number of carbonyl (C=O) groups excluding carboxylic acids is 5. The molecule has 1 atom stereocenters. The topological polar surface area (TPSA) is 140 Å². The van der Waals surface area contributed by atoms with Crippen LogP contribution in [-0.4, -0.2) is 62.6 Å². The second kappa shape index (κ2) is 10.2. The van der Waals surface area contributed by atoms with Crippen molar-refractivity contribution in [1.82, 2.24) is 10.2 Å². The lowest BCUT2D eigenvalue weighted by Gasteiger charge is -2.22. The molecule has 4 amide bonds. The normalized spacial score (nSPS) is 16.7. The molecule has 2 N–H and O–H groups in total. The van der Waals surface area contributed by atoms with E-state index >= 15 is 0 Å². The number of fused-ring (bicyclic) bond motifs is 1. The zero-order valence-electron chi connectivity index (χ0n) is 21.1. The van der Waals surface area contributed by atoms with Gasteiger partial charge in [-0.25, -0.2) is 14.4 Å². The van der Waals surface area contributed by atoms with Crippen LogP contribution in [0.15, 0.2) is 54.6 Å². The first kappa shape index (κ1) is 26.1. The number of anilines is 1. The average molecular weight is 520 g/mol. The van der Waals surface area contributed by atoms with Gasteiger partial charge in [0.25, 0.3) is 5.91 Å². The molecule has 0 unspecified atom stereocenters. The lowest BCUT2D eigenvalue weighted by atomic mass is 9.90. The summed E-state index contributed by atoms with van der Waals surface area (Å²) in [6.45, 7) is 0.972. The van der Waals surface area contributed by atoms with Gasteiger partial charge in [-0.2, -0.15) is 0 Å². The quantitative estimate of drug-likeness (QED) is 0.359. The number of ether oxygens (including phenoxy) is 3. The van der Waals surface area contributed by atoms with E-state index in [1.54, 1.807) is 32.2 Å². The van der Waals surface area contributed by atoms with Crippen LogP contribution in [0.5, 0.6) is 5.75 Å². The number of nitrogens with one attached hydrogen (secondary N) is 2. The predicted molar refractivity (Wildman–Crippen MR) is 136 cm³/mol. The largest absolute Gasteiger partial charge is 0.497 e. The Morgan fingerprint density at radius 3 is 2.08 bits per heavy atom. The molecule has 1 aliphatic heterocycles. The fourth-order valence-corrected chi connectivity index (χ4v) is 4.21. The number of esters is 2. The van der Waals surface area contributed by atoms with E-state index in [0.717, 1.165) is 15.7 Å². The van der Waals surface area contributed by atoms with Gasteiger partial charge in [0.1, 0.15) is 17.8 Å². The Kier molecular flexibility index (Phi) is 7.02. The van der Waals surface area contributed by atoms with Gasteiger partial charge in [-0.15, -0.1) is 0 Å². The predicted octanol–water partition coefficient (Wildman–Crippen LogP) is 2.83. The number of nitrogens with zero attached hydrogens (tertiary/aromatic N) is 1. The Balaban J connectivity index is 1.54. The highest BCUT2D eigenvalue weighted by molar-refractivity contribution is 6.10. The highest BCUT2D eigenvalue weighted by Crippen LogP contribution is 2.32. The average Bonchev–Trinajstić information content (AvgIpc) is 3.14. The smallest absolute Gasteiger partial charge is 0.337 e. The molecule has 1 aliphatic rings. The minimum atomic E-state index is -1.39. The maximum Gasteiger partial charge on any atom is 0.337 e. The summed E-state index contributed by atoms with van der Waals surface area (Å²) in [6, 6.07) is 14.0. The minimum Gasteiger partial charge on any atom is -0.497 e. The molecule has 196 valence electrons. The van der Waals surface area contributed by atoms with Gasteiger partial charge in [0.2, 0.25) is 5.91 Å². The minimum absolute atomic E-state index is 0.00203. The van der Waals surface area contributed by atoms with Crippen molar-refractivity contribution in [2.45, 2.75) is 12.5 Å². The lowest BCUT2D eigenvalue weighted by Crippen LogP contribution is -2.42. The van der Waals surface area contributed by atoms with Gasteiger partial charge in [-0.3, -0.25) is 14.5 Å². The van der Waals surface area contributed by atoms with Crippen molar-refractivity contribution in [3.63, 3.8) is 0 Å². The number of carbonyl (C=O) groups is 5. The van der Waals surface area contributed by atoms with E-state index in [1.165, 1.54) is 32.4 Å². The number of benzene rings is 3. The molecular formula is C27H25N3O8. The summed E-state index contributed by atoms with van der Waals surface area (Å²) < 4.78 is 14.6. The van der Waals surface area contributed by atoms with Crippen LogP contribution >= 0.6 is 0 Å². The molecule has 0 aromatic heterocycles. The SMILES string of the molecule is COC(=O)c1cc(NC(=O)CN2C(=O)N[C@@](C)(c3ccc4cc(OC)ccc4c3)C2=O)cc(C(=O)OC)c1. The summed E-state index contributed by atoms with van der Waals surface area (Å²) in [5.41, 5.74) is -0.763. The Bertz CT molecular complexity index is 1450. The van der Waals surface area contributed by atoms with E-state index < -0.39 is 41.9 Å². The highest BCUT2D eigenvalue weighted by atomic mass is 16.5. The second-order valence-electron chi connectivity index (χ2n) is 8.70. The first-order valence-electron chi connectivity index (χ1n) is 11.4. The molecule has 1 fully saturated rings. The summed E-state index contributed by atoms with van der Waals surface area (Å²) in [6.07, 6.45) is 0. The van der Waals surface area contributed by atoms with Gasteiger partial charge in [-0.05, 0) is 59.7 Å². The lowest BCUT2D eigenvalue weighted by molar-refractivity contribution is -0.133. The molecule has 4 rings (SSSR count). The third-order valence-electron chi connectivity index (χ3n) is 6.26. The fourth-order valence-electron chi connectivity index (χ4n) is 4.21. The number of hydrogen-bond donors (Lipinski definition) is 2. The summed E-state index contributed by atoms with van der Waals surface area (Å²) in [5, 5.41) is 6.92. The number of imide groups is 1. The van der Waals surface area contributed by atoms with Crippen LogP contribution in [0.4, 0.5) is 10.5 Å². The van der Waals surface area contributed by atoms with E-state index in [2.05, 4.69) is 20.1 Å². The first-order valence-corrected chi connectivity index (χ1v) is 11.4. The number of methoxy groups -OCH3 is 3. The molecule has 38 heavy (non-hydrogen) atoms. The van der Waals surface area contributed by atoms with Crippen LogP contribution in [0.1, 0.15) is 33.2 Å².